The Morgan fingerprint density at radius 2 is 1.11 bits per heavy atom. The van der Waals surface area contributed by atoms with E-state index in [-0.39, 0.29) is 44.3 Å². The predicted molar refractivity (Wildman–Crippen MR) is 214 cm³/mol. The lowest BCUT2D eigenvalue weighted by atomic mass is 10.2. The lowest BCUT2D eigenvalue weighted by Crippen LogP contribution is -2.50. The second kappa shape index (κ2) is 19.2. The SMILES string of the molecule is CC(C)(C)OC(=O)N1CCNCC1.CSc1nc(Cl)c2cnc(Cl)c(F)c2n1.CSc1nc(N2CCN(C(=O)OC(C)(C)C)CC2)c2cnc(Cl)c(F)c2n1. The molecule has 6 heterocycles. The molecule has 0 bridgehead atoms. The van der Waals surface area contributed by atoms with Crippen LogP contribution in [0.3, 0.4) is 0 Å². The third-order valence-corrected chi connectivity index (χ3v) is 9.45. The number of aromatic nitrogens is 6. The highest BCUT2D eigenvalue weighted by Crippen LogP contribution is 2.31. The average Bonchev–Trinajstić information content (AvgIpc) is 3.14. The van der Waals surface area contributed by atoms with Gasteiger partial charge in [0.2, 0.25) is 0 Å². The molecule has 0 aromatic carbocycles. The summed E-state index contributed by atoms with van der Waals surface area (Å²) >= 11 is 19.8. The van der Waals surface area contributed by atoms with Crippen LogP contribution in [-0.4, -0.2) is 128 Å². The lowest BCUT2D eigenvalue weighted by Gasteiger charge is -2.36. The Labute approximate surface area is 341 Å². The fourth-order valence-electron chi connectivity index (χ4n) is 5.00. The van der Waals surface area contributed by atoms with Crippen molar-refractivity contribution in [3.8, 4) is 0 Å². The maximum Gasteiger partial charge on any atom is 0.410 e. The fourth-order valence-corrected chi connectivity index (χ4v) is 6.27. The van der Waals surface area contributed by atoms with Gasteiger partial charge in [-0.1, -0.05) is 58.3 Å². The number of rotatable bonds is 3. The van der Waals surface area contributed by atoms with Gasteiger partial charge in [-0.15, -0.1) is 0 Å². The molecule has 2 aliphatic heterocycles. The van der Waals surface area contributed by atoms with Gasteiger partial charge in [0.25, 0.3) is 0 Å². The Kier molecular flexibility index (Phi) is 15.5. The number of thioether (sulfide) groups is 2. The minimum absolute atomic E-state index is 0.0966. The number of carbonyl (C=O) groups is 2. The van der Waals surface area contributed by atoms with E-state index in [1.165, 1.54) is 35.9 Å². The molecule has 6 rings (SSSR count). The van der Waals surface area contributed by atoms with Gasteiger partial charge in [-0.25, -0.2) is 48.3 Å². The zero-order valence-corrected chi connectivity index (χ0v) is 35.6. The molecule has 2 saturated heterocycles. The Morgan fingerprint density at radius 3 is 1.58 bits per heavy atom. The highest BCUT2D eigenvalue weighted by Gasteiger charge is 2.28. The van der Waals surface area contributed by atoms with Gasteiger partial charge in [0.05, 0.1) is 10.8 Å². The largest absolute Gasteiger partial charge is 0.444 e. The van der Waals surface area contributed by atoms with Gasteiger partial charge in [-0.3, -0.25) is 0 Å². The molecule has 300 valence electrons. The second-order valence-corrected chi connectivity index (χ2v) is 16.6. The zero-order valence-electron chi connectivity index (χ0n) is 31.7. The standard InChI is InChI=1S/C17H21ClFN5O2S.C9H18N2O2.C8H4Cl2FN3S/c1-17(2,3)26-16(25)24-7-5-23(6-8-24)14-10-9-20-13(18)11(19)12(10)21-15(22-14)27-4;1-9(2,3)13-8(12)11-6-4-10-5-7-11;1-15-8-13-5-3(6(9)14-8)2-12-7(10)4(5)11/h9H,5-8H2,1-4H3;10H,4-7H2,1-3H3;2H,1H3. The minimum Gasteiger partial charge on any atom is -0.444 e. The van der Waals surface area contributed by atoms with E-state index in [4.69, 9.17) is 44.3 Å². The molecule has 4 aromatic heterocycles. The van der Waals surface area contributed by atoms with Crippen LogP contribution >= 0.6 is 58.3 Å². The van der Waals surface area contributed by atoms with E-state index in [0.29, 0.717) is 53.1 Å². The molecule has 0 saturated carbocycles. The first-order valence-electron chi connectivity index (χ1n) is 17.0. The molecule has 0 atom stereocenters. The number of nitrogens with one attached hydrogen (secondary N) is 1. The molecule has 1 N–H and O–H groups in total. The molecular formula is C34H43Cl3F2N10O4S2. The van der Waals surface area contributed by atoms with E-state index >= 15 is 0 Å². The Morgan fingerprint density at radius 1 is 0.673 bits per heavy atom. The Hall–Kier alpha value is -3.29. The van der Waals surface area contributed by atoms with Crippen LogP contribution in [0, 0.1) is 11.6 Å². The van der Waals surface area contributed by atoms with Gasteiger partial charge in [0.1, 0.15) is 33.2 Å². The van der Waals surface area contributed by atoms with Gasteiger partial charge in [0, 0.05) is 64.8 Å². The molecular weight excluding hydrogens is 821 g/mol. The number of piperazine rings is 2. The van der Waals surface area contributed by atoms with Crippen molar-refractivity contribution in [2.75, 3.05) is 69.8 Å². The topological polar surface area (TPSA) is 152 Å². The highest BCUT2D eigenvalue weighted by molar-refractivity contribution is 7.98. The van der Waals surface area contributed by atoms with Crippen LogP contribution in [0.5, 0.6) is 0 Å². The first-order valence-corrected chi connectivity index (χ1v) is 20.6. The van der Waals surface area contributed by atoms with Gasteiger partial charge >= 0.3 is 12.2 Å². The van der Waals surface area contributed by atoms with Gasteiger partial charge in [-0.2, -0.15) is 0 Å². The first kappa shape index (κ1) is 44.4. The number of ether oxygens (including phenoxy) is 2. The van der Waals surface area contributed by atoms with Crippen molar-refractivity contribution < 1.29 is 27.8 Å². The third-order valence-electron chi connectivity index (χ3n) is 7.54. The van der Waals surface area contributed by atoms with Crippen molar-refractivity contribution >= 4 is 98.1 Å². The van der Waals surface area contributed by atoms with E-state index < -0.39 is 17.2 Å². The third kappa shape index (κ3) is 12.3. The average molecular weight is 864 g/mol. The van der Waals surface area contributed by atoms with Crippen molar-refractivity contribution in [2.24, 2.45) is 0 Å². The van der Waals surface area contributed by atoms with E-state index in [1.54, 1.807) is 16.1 Å². The van der Waals surface area contributed by atoms with Crippen LogP contribution in [0.15, 0.2) is 22.7 Å². The van der Waals surface area contributed by atoms with Crippen molar-refractivity contribution in [3.05, 3.63) is 39.5 Å². The maximum atomic E-state index is 14.4. The smallest absolute Gasteiger partial charge is 0.410 e. The van der Waals surface area contributed by atoms with Crippen molar-refractivity contribution in [1.29, 1.82) is 0 Å². The van der Waals surface area contributed by atoms with Crippen molar-refractivity contribution in [1.82, 2.24) is 45.0 Å². The van der Waals surface area contributed by atoms with Crippen molar-refractivity contribution in [2.45, 2.75) is 63.1 Å². The summed E-state index contributed by atoms with van der Waals surface area (Å²) in [6, 6.07) is 0. The molecule has 0 radical (unpaired) electrons. The maximum absolute atomic E-state index is 14.4. The van der Waals surface area contributed by atoms with Crippen LogP contribution < -0.4 is 10.2 Å². The van der Waals surface area contributed by atoms with Gasteiger partial charge in [0.15, 0.2) is 32.3 Å². The first-order chi connectivity index (χ1) is 25.8. The van der Waals surface area contributed by atoms with E-state index in [9.17, 15) is 18.4 Å². The summed E-state index contributed by atoms with van der Waals surface area (Å²) < 4.78 is 38.6. The summed E-state index contributed by atoms with van der Waals surface area (Å²) in [5.41, 5.74) is -0.673. The van der Waals surface area contributed by atoms with Crippen LogP contribution in [0.2, 0.25) is 15.5 Å². The van der Waals surface area contributed by atoms with Crippen LogP contribution in [-0.2, 0) is 9.47 Å². The zero-order chi connectivity index (χ0) is 40.7. The minimum atomic E-state index is -0.672. The quantitative estimate of drug-likeness (QED) is 0.0931. The van der Waals surface area contributed by atoms with E-state index in [2.05, 4.69) is 35.2 Å². The molecule has 0 unspecified atom stereocenters. The number of nitrogens with zero attached hydrogens (tertiary/aromatic N) is 9. The summed E-state index contributed by atoms with van der Waals surface area (Å²) in [7, 11) is 0. The summed E-state index contributed by atoms with van der Waals surface area (Å²) in [4.78, 5) is 53.4. The Balaban J connectivity index is 0.000000202. The summed E-state index contributed by atoms with van der Waals surface area (Å²) in [6.45, 7) is 16.4. The van der Waals surface area contributed by atoms with Gasteiger partial charge < -0.3 is 29.5 Å². The molecule has 14 nitrogen and oxygen atoms in total. The molecule has 55 heavy (non-hydrogen) atoms. The molecule has 0 aliphatic carbocycles. The molecule has 0 spiro atoms. The monoisotopic (exact) mass is 862 g/mol. The normalized spacial score (nSPS) is 14.9. The molecule has 21 heteroatoms. The number of anilines is 1. The predicted octanol–water partition coefficient (Wildman–Crippen LogP) is 7.62. The van der Waals surface area contributed by atoms with Crippen molar-refractivity contribution in [3.63, 3.8) is 0 Å². The number of amides is 2. The summed E-state index contributed by atoms with van der Waals surface area (Å²) in [5.74, 6) is -0.731. The number of halogens is 5. The van der Waals surface area contributed by atoms with Gasteiger partial charge in [-0.05, 0) is 54.1 Å². The Bertz CT molecular complexity index is 2000. The number of hydrogen-bond donors (Lipinski definition) is 1. The molecule has 4 aromatic rings. The van der Waals surface area contributed by atoms with Crippen LogP contribution in [0.4, 0.5) is 24.2 Å². The van der Waals surface area contributed by atoms with E-state index in [0.717, 1.165) is 26.2 Å². The highest BCUT2D eigenvalue weighted by atomic mass is 35.5. The summed E-state index contributed by atoms with van der Waals surface area (Å²) in [6.07, 6.45) is 5.91. The number of pyridine rings is 2. The second-order valence-electron chi connectivity index (χ2n) is 14.0. The number of fused-ring (bicyclic) bond motifs is 2. The van der Waals surface area contributed by atoms with Crippen LogP contribution in [0.1, 0.15) is 41.5 Å². The summed E-state index contributed by atoms with van der Waals surface area (Å²) in [5, 5.41) is 4.63. The number of hydrogen-bond acceptors (Lipinski definition) is 14. The fraction of sp³-hybridized carbons (Fsp3) is 0.529. The molecule has 2 fully saturated rings. The number of carbonyl (C=O) groups excluding carboxylic acids is 2. The van der Waals surface area contributed by atoms with E-state index in [1.807, 2.05) is 52.7 Å². The lowest BCUT2D eigenvalue weighted by molar-refractivity contribution is 0.0223. The molecule has 2 aliphatic rings. The molecule has 2 amide bonds. The van der Waals surface area contributed by atoms with Crippen LogP contribution in [0.25, 0.3) is 21.8 Å².